The topological polar surface area (TPSA) is 64.6 Å². The third kappa shape index (κ3) is 6.34. The van der Waals surface area contributed by atoms with E-state index in [0.717, 1.165) is 0 Å². The van der Waals surface area contributed by atoms with Crippen LogP contribution in [0.15, 0.2) is 22.8 Å². The lowest BCUT2D eigenvalue weighted by atomic mass is 10.2. The molecule has 0 rings (SSSR count). The van der Waals surface area contributed by atoms with Gasteiger partial charge in [-0.25, -0.2) is 9.59 Å². The maximum Gasteiger partial charge on any atom is 0.412 e. The Morgan fingerprint density at radius 1 is 1.28 bits per heavy atom. The lowest BCUT2D eigenvalue weighted by Crippen LogP contribution is -2.32. The van der Waals surface area contributed by atoms with Gasteiger partial charge in [0.1, 0.15) is 5.60 Å². The van der Waals surface area contributed by atoms with Crippen LogP contribution in [-0.2, 0) is 14.3 Å². The molecule has 0 aliphatic rings. The van der Waals surface area contributed by atoms with Gasteiger partial charge in [-0.3, -0.25) is 5.32 Å². The van der Waals surface area contributed by atoms with Gasteiger partial charge in [-0.2, -0.15) is 0 Å². The van der Waals surface area contributed by atoms with Crippen molar-refractivity contribution in [2.45, 2.75) is 33.3 Å². The van der Waals surface area contributed by atoms with Crippen molar-refractivity contribution in [2.75, 3.05) is 7.11 Å². The molecule has 0 spiro atoms. The van der Waals surface area contributed by atoms with Gasteiger partial charge in [0.05, 0.1) is 17.7 Å². The molecule has 0 saturated heterocycles. The average Bonchev–Trinajstić information content (AvgIpc) is 2.21. The number of carbonyl (C=O) groups excluding carboxylic acids is 2. The van der Waals surface area contributed by atoms with Gasteiger partial charge in [0, 0.05) is 0 Å². The van der Waals surface area contributed by atoms with Crippen molar-refractivity contribution >= 4 is 24.7 Å². The summed E-state index contributed by atoms with van der Waals surface area (Å²) in [5, 5.41) is 2.45. The van der Waals surface area contributed by atoms with Crippen LogP contribution in [0.3, 0.4) is 0 Å². The van der Waals surface area contributed by atoms with Gasteiger partial charge in [-0.15, -0.1) is 12.6 Å². The van der Waals surface area contributed by atoms with E-state index in [1.54, 1.807) is 33.8 Å². The van der Waals surface area contributed by atoms with E-state index >= 15 is 0 Å². The molecule has 0 radical (unpaired) electrons. The smallest absolute Gasteiger partial charge is 0.412 e. The van der Waals surface area contributed by atoms with Crippen molar-refractivity contribution < 1.29 is 19.1 Å². The lowest BCUT2D eigenvalue weighted by molar-refractivity contribution is -0.135. The van der Waals surface area contributed by atoms with Crippen LogP contribution in [-0.4, -0.2) is 24.8 Å². The molecule has 102 valence electrons. The first-order valence-electron chi connectivity index (χ1n) is 5.35. The second-order valence-electron chi connectivity index (χ2n) is 4.38. The third-order valence-corrected chi connectivity index (χ3v) is 1.97. The number of allylic oxidation sites excluding steroid dienone is 1. The normalized spacial score (nSPS) is 13.0. The second-order valence-corrected chi connectivity index (χ2v) is 4.83. The molecule has 0 aromatic rings. The number of alkyl carbamates (subject to hydrolysis) is 1. The van der Waals surface area contributed by atoms with Crippen LogP contribution in [0, 0.1) is 0 Å². The Morgan fingerprint density at radius 2 is 1.83 bits per heavy atom. The maximum absolute atomic E-state index is 11.5. The molecule has 0 heterocycles. The highest BCUT2D eigenvalue weighted by Crippen LogP contribution is 2.12. The summed E-state index contributed by atoms with van der Waals surface area (Å²) in [5.41, 5.74) is -0.473. The van der Waals surface area contributed by atoms with Crippen LogP contribution in [0.1, 0.15) is 27.7 Å². The van der Waals surface area contributed by atoms with Gasteiger partial charge >= 0.3 is 12.1 Å². The van der Waals surface area contributed by atoms with E-state index in [1.807, 2.05) is 0 Å². The Hall–Kier alpha value is -1.43. The van der Waals surface area contributed by atoms with E-state index in [0.29, 0.717) is 0 Å². The van der Waals surface area contributed by atoms with Gasteiger partial charge in [0.25, 0.3) is 0 Å². The number of esters is 1. The van der Waals surface area contributed by atoms with Crippen molar-refractivity contribution in [1.29, 1.82) is 0 Å². The molecule has 0 saturated carbocycles. The Labute approximate surface area is 113 Å². The number of hydrogen-bond acceptors (Lipinski definition) is 5. The first-order valence-corrected chi connectivity index (χ1v) is 5.80. The van der Waals surface area contributed by atoms with Gasteiger partial charge in [-0.05, 0) is 33.8 Å². The molecule has 6 heteroatoms. The zero-order chi connectivity index (χ0) is 14.3. The summed E-state index contributed by atoms with van der Waals surface area (Å²) in [4.78, 5) is 22.9. The Balaban J connectivity index is 4.92. The minimum absolute atomic E-state index is 0.0780. The molecular formula is C12H19NO4S. The zero-order valence-corrected chi connectivity index (χ0v) is 12.1. The van der Waals surface area contributed by atoms with E-state index in [4.69, 9.17) is 4.74 Å². The van der Waals surface area contributed by atoms with Gasteiger partial charge in [0.15, 0.2) is 0 Å². The molecule has 0 unspecified atom stereocenters. The number of hydrogen-bond donors (Lipinski definition) is 2. The number of carbonyl (C=O) groups is 2. The Bertz CT molecular complexity index is 380. The second kappa shape index (κ2) is 7.10. The molecule has 0 aliphatic carbocycles. The molecule has 0 aliphatic heterocycles. The Morgan fingerprint density at radius 3 is 2.22 bits per heavy atom. The number of thiol groups is 1. The summed E-state index contributed by atoms with van der Waals surface area (Å²) in [6.07, 6.45) is 2.45. The minimum Gasteiger partial charge on any atom is -0.465 e. The monoisotopic (exact) mass is 273 g/mol. The van der Waals surface area contributed by atoms with E-state index in [9.17, 15) is 9.59 Å². The molecule has 0 aromatic carbocycles. The van der Waals surface area contributed by atoms with Crippen LogP contribution >= 0.6 is 12.6 Å². The predicted molar refractivity (Wildman–Crippen MR) is 72.2 cm³/mol. The summed E-state index contributed by atoms with van der Waals surface area (Å²) in [5.74, 6) is -0.589. The molecule has 5 nitrogen and oxygen atoms in total. The zero-order valence-electron chi connectivity index (χ0n) is 11.2. The molecule has 1 N–H and O–H groups in total. The predicted octanol–water partition coefficient (Wildman–Crippen LogP) is 2.40. The highest BCUT2D eigenvalue weighted by Gasteiger charge is 2.18. The van der Waals surface area contributed by atoms with Gasteiger partial charge in [0.2, 0.25) is 0 Å². The highest BCUT2D eigenvalue weighted by atomic mass is 32.1. The SMILES string of the molecule is C/C=C\C(C(=O)OC)=C(/S)NC(=O)OC(C)(C)C. The summed E-state index contributed by atoms with van der Waals surface area (Å²) >= 11 is 4.06. The summed E-state index contributed by atoms with van der Waals surface area (Å²) < 4.78 is 9.62. The first kappa shape index (κ1) is 16.6. The molecule has 1 amide bonds. The van der Waals surface area contributed by atoms with E-state index < -0.39 is 17.7 Å². The van der Waals surface area contributed by atoms with E-state index in [-0.39, 0.29) is 10.6 Å². The number of nitrogens with one attached hydrogen (secondary N) is 1. The van der Waals surface area contributed by atoms with Crippen molar-refractivity contribution in [2.24, 2.45) is 0 Å². The summed E-state index contributed by atoms with van der Waals surface area (Å²) in [6.45, 7) is 6.95. The largest absolute Gasteiger partial charge is 0.465 e. The number of amides is 1. The lowest BCUT2D eigenvalue weighted by Gasteiger charge is -2.20. The number of ether oxygens (including phenoxy) is 2. The van der Waals surface area contributed by atoms with Crippen LogP contribution in [0.25, 0.3) is 0 Å². The van der Waals surface area contributed by atoms with Crippen LogP contribution in [0.4, 0.5) is 4.79 Å². The van der Waals surface area contributed by atoms with E-state index in [2.05, 4.69) is 22.7 Å². The molecule has 0 fully saturated rings. The third-order valence-electron chi connectivity index (χ3n) is 1.61. The Kier molecular flexibility index (Phi) is 6.54. The van der Waals surface area contributed by atoms with Gasteiger partial charge in [-0.1, -0.05) is 6.08 Å². The van der Waals surface area contributed by atoms with E-state index in [1.165, 1.54) is 13.2 Å². The first-order chi connectivity index (χ1) is 8.21. The molecule has 18 heavy (non-hydrogen) atoms. The quantitative estimate of drug-likeness (QED) is 0.359. The van der Waals surface area contributed by atoms with Crippen LogP contribution in [0.5, 0.6) is 0 Å². The minimum atomic E-state index is -0.682. The molecular weight excluding hydrogens is 254 g/mol. The molecule has 0 bridgehead atoms. The standard InChI is InChI=1S/C12H19NO4S/c1-6-7-8(10(14)16-5)9(18)13-11(15)17-12(2,3)4/h6-7,18H,1-5H3,(H,13,15)/b7-6-,9-8+. The molecule has 0 atom stereocenters. The summed E-state index contributed by atoms with van der Waals surface area (Å²) in [6, 6.07) is 0. The number of rotatable bonds is 3. The fraction of sp³-hybridized carbons (Fsp3) is 0.500. The van der Waals surface area contributed by atoms with Crippen molar-refractivity contribution in [3.63, 3.8) is 0 Å². The maximum atomic E-state index is 11.5. The van der Waals surface area contributed by atoms with Crippen molar-refractivity contribution in [1.82, 2.24) is 5.32 Å². The fourth-order valence-corrected chi connectivity index (χ4v) is 1.25. The average molecular weight is 273 g/mol. The van der Waals surface area contributed by atoms with Gasteiger partial charge < -0.3 is 9.47 Å². The van der Waals surface area contributed by atoms with Crippen LogP contribution in [0.2, 0.25) is 0 Å². The van der Waals surface area contributed by atoms with Crippen molar-refractivity contribution in [3.05, 3.63) is 22.8 Å². The fourth-order valence-electron chi connectivity index (χ4n) is 0.988. The van der Waals surface area contributed by atoms with Crippen molar-refractivity contribution in [3.8, 4) is 0 Å². The summed E-state index contributed by atoms with van der Waals surface area (Å²) in [7, 11) is 1.25. The number of methoxy groups -OCH3 is 1. The van der Waals surface area contributed by atoms with Crippen LogP contribution < -0.4 is 5.32 Å². The molecule has 0 aromatic heterocycles. The highest BCUT2D eigenvalue weighted by molar-refractivity contribution is 7.84.